The van der Waals surface area contributed by atoms with Crippen LogP contribution >= 0.6 is 11.6 Å². The number of aryl methyl sites for hydroxylation is 1. The molecule has 0 heterocycles. The van der Waals surface area contributed by atoms with Crippen molar-refractivity contribution in [3.05, 3.63) is 28.3 Å². The van der Waals surface area contributed by atoms with Crippen LogP contribution in [0.15, 0.2) is 12.1 Å². The SMILES string of the molecule is Cc1cc(C(=O)O)cc(Cl)c1NC(=O)C(F)(F)F. The number of nitrogens with one attached hydrogen (secondary N) is 1. The van der Waals surface area contributed by atoms with E-state index in [1.807, 2.05) is 0 Å². The van der Waals surface area contributed by atoms with Gasteiger partial charge in [-0.1, -0.05) is 11.6 Å². The Morgan fingerprint density at radius 2 is 1.89 bits per heavy atom. The number of rotatable bonds is 2. The Balaban J connectivity index is 3.12. The number of alkyl halides is 3. The maximum absolute atomic E-state index is 12.1. The molecule has 0 bridgehead atoms. The Bertz CT molecular complexity index is 491. The highest BCUT2D eigenvalue weighted by molar-refractivity contribution is 6.34. The largest absolute Gasteiger partial charge is 0.478 e. The molecule has 1 aromatic rings. The topological polar surface area (TPSA) is 66.4 Å². The van der Waals surface area contributed by atoms with Crippen LogP contribution in [0, 0.1) is 6.92 Å². The molecule has 0 saturated carbocycles. The van der Waals surface area contributed by atoms with Crippen molar-refractivity contribution in [2.75, 3.05) is 5.32 Å². The maximum Gasteiger partial charge on any atom is 0.471 e. The van der Waals surface area contributed by atoms with Crippen LogP contribution in [0.2, 0.25) is 5.02 Å². The van der Waals surface area contributed by atoms with E-state index in [0.29, 0.717) is 0 Å². The first kappa shape index (κ1) is 14.3. The Hall–Kier alpha value is -1.76. The van der Waals surface area contributed by atoms with Gasteiger partial charge in [-0.2, -0.15) is 13.2 Å². The van der Waals surface area contributed by atoms with Gasteiger partial charge in [0.15, 0.2) is 0 Å². The lowest BCUT2D eigenvalue weighted by atomic mass is 10.1. The standard InChI is InChI=1S/C10H7ClF3NO3/c1-4-2-5(8(16)17)3-6(11)7(4)15-9(18)10(12,13)14/h2-3H,1H3,(H,15,18)(H,16,17). The summed E-state index contributed by atoms with van der Waals surface area (Å²) in [5, 5.41) is 10.0. The third-order valence-corrected chi connectivity index (χ3v) is 2.33. The second-order valence-corrected chi connectivity index (χ2v) is 3.81. The minimum Gasteiger partial charge on any atom is -0.478 e. The fourth-order valence-electron chi connectivity index (χ4n) is 1.21. The summed E-state index contributed by atoms with van der Waals surface area (Å²) >= 11 is 5.63. The quantitative estimate of drug-likeness (QED) is 0.876. The molecule has 1 amide bonds. The van der Waals surface area contributed by atoms with Gasteiger partial charge in [0.25, 0.3) is 0 Å². The molecular weight excluding hydrogens is 275 g/mol. The molecule has 0 unspecified atom stereocenters. The van der Waals surface area contributed by atoms with Crippen LogP contribution in [0.5, 0.6) is 0 Å². The van der Waals surface area contributed by atoms with Gasteiger partial charge in [0, 0.05) is 0 Å². The van der Waals surface area contributed by atoms with E-state index in [0.717, 1.165) is 12.1 Å². The molecular formula is C10H7ClF3NO3. The van der Waals surface area contributed by atoms with Gasteiger partial charge in [-0.3, -0.25) is 4.79 Å². The van der Waals surface area contributed by atoms with Crippen LogP contribution in [0.25, 0.3) is 0 Å². The van der Waals surface area contributed by atoms with Crippen LogP contribution in [-0.4, -0.2) is 23.2 Å². The van der Waals surface area contributed by atoms with E-state index >= 15 is 0 Å². The molecule has 0 atom stereocenters. The summed E-state index contributed by atoms with van der Waals surface area (Å²) in [5.41, 5.74) is -0.316. The number of carbonyl (C=O) groups excluding carboxylic acids is 1. The first-order valence-corrected chi connectivity index (χ1v) is 4.92. The van der Waals surface area contributed by atoms with Gasteiger partial charge in [-0.15, -0.1) is 0 Å². The lowest BCUT2D eigenvalue weighted by molar-refractivity contribution is -0.167. The minimum atomic E-state index is -5.04. The number of halogens is 4. The Labute approximate surface area is 104 Å². The van der Waals surface area contributed by atoms with E-state index < -0.39 is 18.1 Å². The van der Waals surface area contributed by atoms with E-state index in [-0.39, 0.29) is 21.8 Å². The molecule has 1 aromatic carbocycles. The van der Waals surface area contributed by atoms with Gasteiger partial charge in [0.2, 0.25) is 0 Å². The smallest absolute Gasteiger partial charge is 0.471 e. The third kappa shape index (κ3) is 3.13. The van der Waals surface area contributed by atoms with Crippen molar-refractivity contribution >= 4 is 29.2 Å². The van der Waals surface area contributed by atoms with Crippen LogP contribution in [0.3, 0.4) is 0 Å². The van der Waals surface area contributed by atoms with Crippen molar-refractivity contribution in [1.82, 2.24) is 0 Å². The van der Waals surface area contributed by atoms with Gasteiger partial charge >= 0.3 is 18.1 Å². The predicted molar refractivity (Wildman–Crippen MR) is 57.8 cm³/mol. The predicted octanol–water partition coefficient (Wildman–Crippen LogP) is 2.85. The Kier molecular flexibility index (Phi) is 3.85. The van der Waals surface area contributed by atoms with Gasteiger partial charge < -0.3 is 10.4 Å². The van der Waals surface area contributed by atoms with Gasteiger partial charge in [0.1, 0.15) is 0 Å². The number of aromatic carboxylic acids is 1. The van der Waals surface area contributed by atoms with Crippen molar-refractivity contribution < 1.29 is 27.9 Å². The number of benzene rings is 1. The lowest BCUT2D eigenvalue weighted by Crippen LogP contribution is -2.30. The van der Waals surface area contributed by atoms with Crippen molar-refractivity contribution in [2.24, 2.45) is 0 Å². The molecule has 0 spiro atoms. The first-order chi connectivity index (χ1) is 8.12. The van der Waals surface area contributed by atoms with E-state index in [2.05, 4.69) is 0 Å². The fourth-order valence-corrected chi connectivity index (χ4v) is 1.52. The molecule has 0 aliphatic heterocycles. The van der Waals surface area contributed by atoms with E-state index in [4.69, 9.17) is 16.7 Å². The van der Waals surface area contributed by atoms with E-state index in [1.54, 1.807) is 5.32 Å². The van der Waals surface area contributed by atoms with Crippen LogP contribution in [0.4, 0.5) is 18.9 Å². The normalized spacial score (nSPS) is 11.2. The number of anilines is 1. The summed E-state index contributed by atoms with van der Waals surface area (Å²) in [7, 11) is 0. The van der Waals surface area contributed by atoms with Gasteiger partial charge in [-0.25, -0.2) is 4.79 Å². The van der Waals surface area contributed by atoms with Gasteiger partial charge in [0.05, 0.1) is 16.3 Å². The number of hydrogen-bond donors (Lipinski definition) is 2. The van der Waals surface area contributed by atoms with E-state index in [1.165, 1.54) is 6.92 Å². The number of amides is 1. The molecule has 1 rings (SSSR count). The van der Waals surface area contributed by atoms with Crippen LogP contribution in [0.1, 0.15) is 15.9 Å². The zero-order chi connectivity index (χ0) is 14.1. The average Bonchev–Trinajstić information content (AvgIpc) is 2.21. The second kappa shape index (κ2) is 4.85. The maximum atomic E-state index is 12.1. The Morgan fingerprint density at radius 3 is 2.28 bits per heavy atom. The molecule has 2 N–H and O–H groups in total. The van der Waals surface area contributed by atoms with E-state index in [9.17, 15) is 22.8 Å². The highest BCUT2D eigenvalue weighted by Gasteiger charge is 2.39. The second-order valence-electron chi connectivity index (χ2n) is 3.41. The minimum absolute atomic E-state index is 0.123. The number of carboxylic acids is 1. The zero-order valence-electron chi connectivity index (χ0n) is 8.93. The lowest BCUT2D eigenvalue weighted by Gasteiger charge is -2.12. The summed E-state index contributed by atoms with van der Waals surface area (Å²) in [6.45, 7) is 1.34. The zero-order valence-corrected chi connectivity index (χ0v) is 9.69. The third-order valence-electron chi connectivity index (χ3n) is 2.03. The molecule has 0 aromatic heterocycles. The summed E-state index contributed by atoms with van der Waals surface area (Å²) in [6, 6.07) is 2.07. The Morgan fingerprint density at radius 1 is 1.33 bits per heavy atom. The summed E-state index contributed by atoms with van der Waals surface area (Å²) < 4.78 is 36.2. The molecule has 0 aliphatic carbocycles. The molecule has 0 fully saturated rings. The number of carboxylic acid groups (broad SMARTS) is 1. The molecule has 0 radical (unpaired) electrons. The van der Waals surface area contributed by atoms with Crippen molar-refractivity contribution in [3.63, 3.8) is 0 Å². The molecule has 0 aliphatic rings. The number of hydrogen-bond acceptors (Lipinski definition) is 2. The fraction of sp³-hybridized carbons (Fsp3) is 0.200. The number of carbonyl (C=O) groups is 2. The summed E-state index contributed by atoms with van der Waals surface area (Å²) in [6.07, 6.45) is -5.04. The van der Waals surface area contributed by atoms with Crippen LogP contribution < -0.4 is 5.32 Å². The molecule has 8 heteroatoms. The summed E-state index contributed by atoms with van der Waals surface area (Å²) in [4.78, 5) is 21.4. The molecule has 98 valence electrons. The summed E-state index contributed by atoms with van der Waals surface area (Å²) in [5.74, 6) is -3.44. The van der Waals surface area contributed by atoms with Crippen LogP contribution in [-0.2, 0) is 4.79 Å². The highest BCUT2D eigenvalue weighted by Crippen LogP contribution is 2.29. The van der Waals surface area contributed by atoms with Gasteiger partial charge in [-0.05, 0) is 24.6 Å². The van der Waals surface area contributed by atoms with Crippen molar-refractivity contribution in [3.8, 4) is 0 Å². The monoisotopic (exact) mass is 281 g/mol. The molecule has 18 heavy (non-hydrogen) atoms. The van der Waals surface area contributed by atoms with Crippen molar-refractivity contribution in [1.29, 1.82) is 0 Å². The first-order valence-electron chi connectivity index (χ1n) is 4.54. The molecule has 4 nitrogen and oxygen atoms in total. The highest BCUT2D eigenvalue weighted by atomic mass is 35.5. The average molecular weight is 282 g/mol. The molecule has 0 saturated heterocycles. The van der Waals surface area contributed by atoms with Crippen molar-refractivity contribution in [2.45, 2.75) is 13.1 Å².